The molecular formula is C17H19FN4O2. The second-order valence-electron chi connectivity index (χ2n) is 6.30. The first-order valence-corrected chi connectivity index (χ1v) is 8.21. The molecule has 7 heteroatoms. The summed E-state index contributed by atoms with van der Waals surface area (Å²) in [5.74, 6) is 0.0961. The van der Waals surface area contributed by atoms with E-state index in [1.165, 1.54) is 16.8 Å². The molecule has 0 radical (unpaired) electrons. The standard InChI is InChI=1S/C17H19FN4O2/c1-21-16(23)9-13(11-5-6-19-10-12(11)18)20-17(21)22-7-8-24-15-4-2-3-14(15)22/h5-6,9-10,14-15H,2-4,7-8H2,1H3/t14-,15-/m0/s1. The number of nitrogens with zero attached hydrogens (tertiary/aromatic N) is 4. The second kappa shape index (κ2) is 5.98. The minimum Gasteiger partial charge on any atom is -0.374 e. The van der Waals surface area contributed by atoms with E-state index in [4.69, 9.17) is 4.74 Å². The lowest BCUT2D eigenvalue weighted by atomic mass is 10.1. The Morgan fingerprint density at radius 2 is 2.25 bits per heavy atom. The van der Waals surface area contributed by atoms with Gasteiger partial charge in [0.25, 0.3) is 5.56 Å². The number of halogens is 1. The molecule has 2 atom stereocenters. The zero-order chi connectivity index (χ0) is 16.7. The Morgan fingerprint density at radius 3 is 3.08 bits per heavy atom. The van der Waals surface area contributed by atoms with Gasteiger partial charge in [-0.15, -0.1) is 0 Å². The van der Waals surface area contributed by atoms with Crippen molar-refractivity contribution in [1.29, 1.82) is 0 Å². The van der Waals surface area contributed by atoms with Crippen LogP contribution < -0.4 is 10.5 Å². The van der Waals surface area contributed by atoms with Crippen LogP contribution in [-0.4, -0.2) is 39.8 Å². The van der Waals surface area contributed by atoms with E-state index in [1.54, 1.807) is 13.1 Å². The van der Waals surface area contributed by atoms with E-state index in [0.717, 1.165) is 25.5 Å². The molecule has 0 aromatic carbocycles. The molecule has 1 aliphatic carbocycles. The molecule has 2 fully saturated rings. The van der Waals surface area contributed by atoms with E-state index < -0.39 is 5.82 Å². The van der Waals surface area contributed by atoms with Crippen LogP contribution in [0.2, 0.25) is 0 Å². The van der Waals surface area contributed by atoms with E-state index >= 15 is 0 Å². The fraction of sp³-hybridized carbons (Fsp3) is 0.471. The summed E-state index contributed by atoms with van der Waals surface area (Å²) in [4.78, 5) is 22.9. The molecule has 2 aromatic rings. The van der Waals surface area contributed by atoms with Crippen molar-refractivity contribution < 1.29 is 9.13 Å². The Kier molecular flexibility index (Phi) is 3.80. The van der Waals surface area contributed by atoms with E-state index in [2.05, 4.69) is 14.9 Å². The maximum Gasteiger partial charge on any atom is 0.255 e. The summed E-state index contributed by atoms with van der Waals surface area (Å²) >= 11 is 0. The van der Waals surface area contributed by atoms with Crippen LogP contribution >= 0.6 is 0 Å². The molecule has 3 heterocycles. The number of rotatable bonds is 2. The van der Waals surface area contributed by atoms with Crippen LogP contribution in [0.15, 0.2) is 29.3 Å². The minimum atomic E-state index is -0.482. The Bertz CT molecular complexity index is 822. The lowest BCUT2D eigenvalue weighted by Gasteiger charge is -2.38. The van der Waals surface area contributed by atoms with Crippen LogP contribution in [0.1, 0.15) is 19.3 Å². The lowest BCUT2D eigenvalue weighted by Crippen LogP contribution is -2.50. The summed E-state index contributed by atoms with van der Waals surface area (Å²) in [6.07, 6.45) is 5.99. The summed E-state index contributed by atoms with van der Waals surface area (Å²) in [5, 5.41) is 0. The molecule has 126 valence electrons. The molecule has 6 nitrogen and oxygen atoms in total. The number of hydrogen-bond donors (Lipinski definition) is 0. The first kappa shape index (κ1) is 15.3. The van der Waals surface area contributed by atoms with Crippen molar-refractivity contribution >= 4 is 5.95 Å². The smallest absolute Gasteiger partial charge is 0.255 e. The highest BCUT2D eigenvalue weighted by Gasteiger charge is 2.37. The minimum absolute atomic E-state index is 0.192. The molecule has 24 heavy (non-hydrogen) atoms. The second-order valence-corrected chi connectivity index (χ2v) is 6.30. The van der Waals surface area contributed by atoms with Gasteiger partial charge in [0.15, 0.2) is 5.82 Å². The van der Waals surface area contributed by atoms with Gasteiger partial charge in [-0.2, -0.15) is 0 Å². The van der Waals surface area contributed by atoms with Crippen LogP contribution in [0.25, 0.3) is 11.3 Å². The molecule has 1 saturated carbocycles. The first-order chi connectivity index (χ1) is 11.6. The zero-order valence-electron chi connectivity index (χ0n) is 13.5. The SMILES string of the molecule is Cn1c(N2CCO[C@H]3CCC[C@@H]32)nc(-c2ccncc2F)cc1=O. The van der Waals surface area contributed by atoms with Crippen LogP contribution in [0.5, 0.6) is 0 Å². The van der Waals surface area contributed by atoms with E-state index in [1.807, 2.05) is 0 Å². The van der Waals surface area contributed by atoms with Gasteiger partial charge in [-0.3, -0.25) is 14.3 Å². The van der Waals surface area contributed by atoms with E-state index in [0.29, 0.717) is 30.4 Å². The average molecular weight is 330 g/mol. The van der Waals surface area contributed by atoms with Crippen molar-refractivity contribution in [3.05, 3.63) is 40.7 Å². The number of hydrogen-bond acceptors (Lipinski definition) is 5. The van der Waals surface area contributed by atoms with Gasteiger partial charge in [0.1, 0.15) is 0 Å². The summed E-state index contributed by atoms with van der Waals surface area (Å²) in [5.41, 5.74) is 0.432. The van der Waals surface area contributed by atoms with Gasteiger partial charge in [-0.25, -0.2) is 9.37 Å². The molecule has 1 aliphatic heterocycles. The Hall–Kier alpha value is -2.28. The maximum atomic E-state index is 14.1. The highest BCUT2D eigenvalue weighted by Crippen LogP contribution is 2.32. The lowest BCUT2D eigenvalue weighted by molar-refractivity contribution is 0.0247. The summed E-state index contributed by atoms with van der Waals surface area (Å²) in [6.45, 7) is 1.30. The Labute approximate surface area is 138 Å². The van der Waals surface area contributed by atoms with Gasteiger partial charge in [-0.05, 0) is 25.3 Å². The van der Waals surface area contributed by atoms with Gasteiger partial charge in [-0.1, -0.05) is 0 Å². The molecule has 0 spiro atoms. The molecule has 4 rings (SSSR count). The third-order valence-corrected chi connectivity index (χ3v) is 4.90. The van der Waals surface area contributed by atoms with Gasteiger partial charge in [0.2, 0.25) is 5.95 Å². The molecular weight excluding hydrogens is 311 g/mol. The summed E-state index contributed by atoms with van der Waals surface area (Å²) in [7, 11) is 1.71. The number of morpholine rings is 1. The van der Waals surface area contributed by atoms with Crippen LogP contribution in [0, 0.1) is 5.82 Å². The highest BCUT2D eigenvalue weighted by molar-refractivity contribution is 5.60. The summed E-state index contributed by atoms with van der Waals surface area (Å²) < 4.78 is 21.4. The zero-order valence-corrected chi connectivity index (χ0v) is 13.5. The number of ether oxygens (including phenoxy) is 1. The molecule has 0 bridgehead atoms. The number of pyridine rings is 1. The van der Waals surface area contributed by atoms with Crippen LogP contribution in [0.3, 0.4) is 0 Å². The largest absolute Gasteiger partial charge is 0.374 e. The predicted molar refractivity (Wildman–Crippen MR) is 87.4 cm³/mol. The topological polar surface area (TPSA) is 60.2 Å². The van der Waals surface area contributed by atoms with E-state index in [-0.39, 0.29) is 17.7 Å². The van der Waals surface area contributed by atoms with Crippen molar-refractivity contribution in [3.8, 4) is 11.3 Å². The molecule has 0 unspecified atom stereocenters. The van der Waals surface area contributed by atoms with Crippen molar-refractivity contribution in [3.63, 3.8) is 0 Å². The van der Waals surface area contributed by atoms with Crippen LogP contribution in [-0.2, 0) is 11.8 Å². The third kappa shape index (κ3) is 2.49. The van der Waals surface area contributed by atoms with E-state index in [9.17, 15) is 9.18 Å². The van der Waals surface area contributed by atoms with Gasteiger partial charge >= 0.3 is 0 Å². The molecule has 0 amide bonds. The molecule has 0 N–H and O–H groups in total. The Morgan fingerprint density at radius 1 is 1.38 bits per heavy atom. The first-order valence-electron chi connectivity index (χ1n) is 8.21. The predicted octanol–water partition coefficient (Wildman–Crippen LogP) is 1.74. The molecule has 2 aliphatic rings. The number of fused-ring (bicyclic) bond motifs is 1. The monoisotopic (exact) mass is 330 g/mol. The van der Waals surface area contributed by atoms with Gasteiger partial charge < -0.3 is 9.64 Å². The van der Waals surface area contributed by atoms with Crippen molar-refractivity contribution in [2.24, 2.45) is 7.05 Å². The summed E-state index contributed by atoms with van der Waals surface area (Å²) in [6, 6.07) is 3.14. The quantitative estimate of drug-likeness (QED) is 0.839. The highest BCUT2D eigenvalue weighted by atomic mass is 19.1. The average Bonchev–Trinajstić information content (AvgIpc) is 3.06. The van der Waals surface area contributed by atoms with Crippen molar-refractivity contribution in [2.45, 2.75) is 31.4 Å². The third-order valence-electron chi connectivity index (χ3n) is 4.90. The molecule has 2 aromatic heterocycles. The normalized spacial score (nSPS) is 23.3. The van der Waals surface area contributed by atoms with Gasteiger partial charge in [0, 0.05) is 31.4 Å². The van der Waals surface area contributed by atoms with Crippen molar-refractivity contribution in [1.82, 2.24) is 14.5 Å². The molecule has 1 saturated heterocycles. The number of aromatic nitrogens is 3. The number of anilines is 1. The van der Waals surface area contributed by atoms with Crippen molar-refractivity contribution in [2.75, 3.05) is 18.1 Å². The fourth-order valence-corrected chi connectivity index (χ4v) is 3.68. The fourth-order valence-electron chi connectivity index (χ4n) is 3.68. The maximum absolute atomic E-state index is 14.1. The van der Waals surface area contributed by atoms with Gasteiger partial charge in [0.05, 0.1) is 30.6 Å². The Balaban J connectivity index is 1.81. The van der Waals surface area contributed by atoms with Crippen LogP contribution in [0.4, 0.5) is 10.3 Å².